The predicted molar refractivity (Wildman–Crippen MR) is 198 cm³/mol. The minimum Gasteiger partial charge on any atom is -0.456 e. The molecule has 0 N–H and O–H groups in total. The van der Waals surface area contributed by atoms with Crippen molar-refractivity contribution >= 4 is 75.7 Å². The van der Waals surface area contributed by atoms with Crippen molar-refractivity contribution in [1.82, 2.24) is 0 Å². The fraction of sp³-hybridized carbons (Fsp3) is 0. The highest BCUT2D eigenvalue weighted by atomic mass is 32.1. The molecule has 0 amide bonds. The average Bonchev–Trinajstić information content (AvgIpc) is 3.69. The number of hydrogen-bond acceptors (Lipinski definition) is 2. The maximum Gasteiger partial charge on any atom is 0.136 e. The zero-order valence-corrected chi connectivity index (χ0v) is 25.6. The quantitative estimate of drug-likeness (QED) is 0.183. The van der Waals surface area contributed by atoms with Crippen LogP contribution >= 0.6 is 11.3 Å². The second-order valence-corrected chi connectivity index (χ2v) is 13.0. The van der Waals surface area contributed by atoms with E-state index in [1.54, 1.807) is 0 Å². The van der Waals surface area contributed by atoms with Gasteiger partial charge in [-0.25, -0.2) is 0 Å². The Labute approximate surface area is 269 Å². The van der Waals surface area contributed by atoms with Crippen molar-refractivity contribution in [2.75, 3.05) is 0 Å². The summed E-state index contributed by atoms with van der Waals surface area (Å²) in [4.78, 5) is 1.29. The standard InChI is InChI=1S/C44H26OS/c1-2-14-28(15-3-1)39-36-25-26-38-42(35-22-10-11-24-37(35)45-38)43(36)46-44(39)41-33-20-8-6-18-31(33)40(32-19-7-9-21-34(32)41)30-23-12-16-27-13-4-5-17-29(27)30/h1-26H. The zero-order valence-electron chi connectivity index (χ0n) is 24.8. The molecule has 2 heteroatoms. The molecule has 0 fully saturated rings. The molecule has 0 aliphatic carbocycles. The molecule has 0 saturated carbocycles. The average molecular weight is 603 g/mol. The number of para-hydroxylation sites is 1. The third-order valence-electron chi connectivity index (χ3n) is 9.48. The smallest absolute Gasteiger partial charge is 0.136 e. The molecule has 0 aliphatic heterocycles. The molecule has 0 radical (unpaired) electrons. The number of hydrogen-bond donors (Lipinski definition) is 0. The maximum atomic E-state index is 6.37. The Morgan fingerprint density at radius 2 is 0.957 bits per heavy atom. The Balaban J connectivity index is 1.40. The fourth-order valence-corrected chi connectivity index (χ4v) is 8.99. The highest BCUT2D eigenvalue weighted by Gasteiger charge is 2.24. The van der Waals surface area contributed by atoms with Crippen LogP contribution in [0.15, 0.2) is 162 Å². The number of furan rings is 1. The Kier molecular flexibility index (Phi) is 5.51. The van der Waals surface area contributed by atoms with E-state index in [2.05, 4.69) is 152 Å². The summed E-state index contributed by atoms with van der Waals surface area (Å²) in [6.45, 7) is 0. The Hall–Kier alpha value is -5.70. The van der Waals surface area contributed by atoms with Gasteiger partial charge in [0, 0.05) is 36.9 Å². The number of fused-ring (bicyclic) bond motifs is 8. The molecule has 0 unspecified atom stereocenters. The van der Waals surface area contributed by atoms with E-state index in [-0.39, 0.29) is 0 Å². The van der Waals surface area contributed by atoms with Crippen LogP contribution in [-0.2, 0) is 0 Å². The van der Waals surface area contributed by atoms with Gasteiger partial charge in [0.2, 0.25) is 0 Å². The third-order valence-corrected chi connectivity index (χ3v) is 10.7. The Bertz CT molecular complexity index is 2740. The van der Waals surface area contributed by atoms with Gasteiger partial charge in [-0.3, -0.25) is 0 Å². The summed E-state index contributed by atoms with van der Waals surface area (Å²) in [5.74, 6) is 0. The normalized spacial score (nSPS) is 11.9. The molecular formula is C44H26OS. The number of benzene rings is 8. The molecule has 0 aliphatic rings. The first-order valence-electron chi connectivity index (χ1n) is 15.7. The minimum absolute atomic E-state index is 0.927. The summed E-state index contributed by atoms with van der Waals surface area (Å²) in [6.07, 6.45) is 0. The molecule has 0 spiro atoms. The first-order chi connectivity index (χ1) is 22.8. The molecule has 0 saturated heterocycles. The van der Waals surface area contributed by atoms with E-state index < -0.39 is 0 Å². The lowest BCUT2D eigenvalue weighted by Gasteiger charge is -2.19. The van der Waals surface area contributed by atoms with Crippen molar-refractivity contribution in [1.29, 1.82) is 0 Å². The SMILES string of the molecule is c1ccc(-c2c(-c3c4ccccc4c(-c4cccc5ccccc45)c4ccccc34)sc3c2ccc2oc4ccccc4c23)cc1. The monoisotopic (exact) mass is 602 g/mol. The predicted octanol–water partition coefficient (Wildman–Crippen LogP) is 13.3. The van der Waals surface area contributed by atoms with E-state index >= 15 is 0 Å². The van der Waals surface area contributed by atoms with Gasteiger partial charge in [-0.15, -0.1) is 11.3 Å². The van der Waals surface area contributed by atoms with Crippen molar-refractivity contribution in [2.45, 2.75) is 0 Å². The van der Waals surface area contributed by atoms with E-state index in [0.29, 0.717) is 0 Å². The number of rotatable bonds is 3. The van der Waals surface area contributed by atoms with Crippen LogP contribution in [0.2, 0.25) is 0 Å². The molecule has 2 aromatic heterocycles. The molecule has 1 nitrogen and oxygen atoms in total. The summed E-state index contributed by atoms with van der Waals surface area (Å²) in [6, 6.07) is 57.1. The van der Waals surface area contributed by atoms with Crippen LogP contribution < -0.4 is 0 Å². The second kappa shape index (κ2) is 9.90. The highest BCUT2D eigenvalue weighted by molar-refractivity contribution is 7.24. The first kappa shape index (κ1) is 25.6. The van der Waals surface area contributed by atoms with Gasteiger partial charge in [-0.1, -0.05) is 140 Å². The Morgan fingerprint density at radius 3 is 1.70 bits per heavy atom. The second-order valence-electron chi connectivity index (χ2n) is 12.0. The zero-order chi connectivity index (χ0) is 30.2. The molecule has 46 heavy (non-hydrogen) atoms. The summed E-state index contributed by atoms with van der Waals surface area (Å²) in [5.41, 5.74) is 8.21. The molecule has 0 bridgehead atoms. The lowest BCUT2D eigenvalue weighted by Crippen LogP contribution is -1.91. The van der Waals surface area contributed by atoms with Gasteiger partial charge in [-0.2, -0.15) is 0 Å². The van der Waals surface area contributed by atoms with Crippen LogP contribution in [0.5, 0.6) is 0 Å². The van der Waals surface area contributed by atoms with Crippen LogP contribution in [0.25, 0.3) is 97.0 Å². The largest absolute Gasteiger partial charge is 0.456 e. The van der Waals surface area contributed by atoms with Crippen molar-refractivity contribution in [3.8, 4) is 32.7 Å². The summed E-state index contributed by atoms with van der Waals surface area (Å²) in [7, 11) is 0. The maximum absolute atomic E-state index is 6.37. The van der Waals surface area contributed by atoms with E-state index in [9.17, 15) is 0 Å². The lowest BCUT2D eigenvalue weighted by atomic mass is 9.85. The van der Waals surface area contributed by atoms with Crippen LogP contribution in [-0.4, -0.2) is 0 Å². The van der Waals surface area contributed by atoms with Gasteiger partial charge in [0.25, 0.3) is 0 Å². The molecule has 214 valence electrons. The van der Waals surface area contributed by atoms with E-state index in [1.807, 2.05) is 17.4 Å². The van der Waals surface area contributed by atoms with Crippen LogP contribution in [0, 0.1) is 0 Å². The van der Waals surface area contributed by atoms with Crippen molar-refractivity contribution in [3.05, 3.63) is 158 Å². The third kappa shape index (κ3) is 3.62. The van der Waals surface area contributed by atoms with Gasteiger partial charge < -0.3 is 4.42 Å². The van der Waals surface area contributed by atoms with E-state index in [0.717, 1.165) is 16.6 Å². The van der Waals surface area contributed by atoms with Gasteiger partial charge in [0.1, 0.15) is 11.2 Å². The van der Waals surface area contributed by atoms with Crippen LogP contribution in [0.4, 0.5) is 0 Å². The van der Waals surface area contributed by atoms with Gasteiger partial charge >= 0.3 is 0 Å². The molecular weight excluding hydrogens is 577 g/mol. The van der Waals surface area contributed by atoms with Gasteiger partial charge in [0.05, 0.1) is 0 Å². The van der Waals surface area contributed by atoms with Crippen LogP contribution in [0.3, 0.4) is 0 Å². The van der Waals surface area contributed by atoms with Crippen molar-refractivity contribution in [3.63, 3.8) is 0 Å². The van der Waals surface area contributed by atoms with Gasteiger partial charge in [0.15, 0.2) is 0 Å². The first-order valence-corrected chi connectivity index (χ1v) is 16.5. The van der Waals surface area contributed by atoms with Crippen LogP contribution in [0.1, 0.15) is 0 Å². The summed E-state index contributed by atoms with van der Waals surface area (Å²) in [5, 5.41) is 11.2. The molecule has 2 heterocycles. The van der Waals surface area contributed by atoms with E-state index in [1.165, 1.54) is 80.5 Å². The molecule has 0 atom stereocenters. The summed E-state index contributed by atoms with van der Waals surface area (Å²) < 4.78 is 7.63. The van der Waals surface area contributed by atoms with Crippen molar-refractivity contribution < 1.29 is 4.42 Å². The highest BCUT2D eigenvalue weighted by Crippen LogP contribution is 2.53. The topological polar surface area (TPSA) is 13.1 Å². The molecule has 10 aromatic rings. The minimum atomic E-state index is 0.927. The lowest BCUT2D eigenvalue weighted by molar-refractivity contribution is 0.669. The van der Waals surface area contributed by atoms with Crippen molar-refractivity contribution in [2.24, 2.45) is 0 Å². The number of thiophene rings is 1. The fourth-order valence-electron chi connectivity index (χ4n) is 7.54. The van der Waals surface area contributed by atoms with E-state index in [4.69, 9.17) is 4.42 Å². The summed E-state index contributed by atoms with van der Waals surface area (Å²) >= 11 is 1.89. The molecule has 8 aromatic carbocycles. The van der Waals surface area contributed by atoms with Gasteiger partial charge in [-0.05, 0) is 67.2 Å². The molecule has 10 rings (SSSR count). The Morgan fingerprint density at radius 1 is 0.370 bits per heavy atom.